The van der Waals surface area contributed by atoms with E-state index in [1.165, 1.54) is 5.56 Å². The van der Waals surface area contributed by atoms with Crippen molar-refractivity contribution in [2.45, 2.75) is 6.92 Å². The van der Waals surface area contributed by atoms with E-state index in [9.17, 15) is 0 Å². The lowest BCUT2D eigenvalue weighted by Crippen LogP contribution is -2.11. The van der Waals surface area contributed by atoms with Crippen LogP contribution in [0.4, 0.5) is 5.82 Å². The number of anilines is 1. The van der Waals surface area contributed by atoms with E-state index in [4.69, 9.17) is 0 Å². The number of aryl methyl sites for hydroxylation is 1. The second-order valence-electron chi connectivity index (χ2n) is 4.72. The average molecular weight is 253 g/mol. The Morgan fingerprint density at radius 3 is 2.47 bits per heavy atom. The number of fused-ring (bicyclic) bond motifs is 1. The molecular weight excluding hydrogens is 238 g/mol. The van der Waals surface area contributed by atoms with Gasteiger partial charge in [0.25, 0.3) is 0 Å². The van der Waals surface area contributed by atoms with Crippen molar-refractivity contribution in [1.29, 1.82) is 0 Å². The molecule has 2 heterocycles. The Morgan fingerprint density at radius 1 is 1.05 bits per heavy atom. The third kappa shape index (κ3) is 1.93. The summed E-state index contributed by atoms with van der Waals surface area (Å²) < 4.78 is 1.84. The van der Waals surface area contributed by atoms with Crippen LogP contribution in [0, 0.1) is 6.92 Å². The van der Waals surface area contributed by atoms with E-state index >= 15 is 0 Å². The molecule has 5 heteroatoms. The van der Waals surface area contributed by atoms with E-state index in [0.29, 0.717) is 0 Å². The Labute approximate surface area is 111 Å². The fourth-order valence-electron chi connectivity index (χ4n) is 2.06. The van der Waals surface area contributed by atoms with Gasteiger partial charge in [0.1, 0.15) is 12.1 Å². The first kappa shape index (κ1) is 11.6. The predicted molar refractivity (Wildman–Crippen MR) is 75.7 cm³/mol. The normalized spacial score (nSPS) is 10.9. The van der Waals surface area contributed by atoms with Crippen LogP contribution in [0.1, 0.15) is 5.56 Å². The molecule has 96 valence electrons. The molecule has 3 rings (SSSR count). The molecule has 1 aromatic carbocycles. The summed E-state index contributed by atoms with van der Waals surface area (Å²) in [6.45, 7) is 2.07. The Hall–Kier alpha value is -2.43. The van der Waals surface area contributed by atoms with Crippen LogP contribution < -0.4 is 4.90 Å². The minimum atomic E-state index is 0.822. The molecule has 2 aromatic heterocycles. The summed E-state index contributed by atoms with van der Waals surface area (Å²) >= 11 is 0. The lowest BCUT2D eigenvalue weighted by molar-refractivity contribution is 0.894. The molecule has 0 unspecified atom stereocenters. The largest absolute Gasteiger partial charge is 0.362 e. The molecule has 3 aromatic rings. The zero-order valence-electron chi connectivity index (χ0n) is 11.2. The van der Waals surface area contributed by atoms with Gasteiger partial charge in [0.15, 0.2) is 5.65 Å². The van der Waals surface area contributed by atoms with Gasteiger partial charge in [-0.05, 0) is 19.1 Å². The Bertz CT molecular complexity index is 712. The second kappa shape index (κ2) is 4.35. The Balaban J connectivity index is 2.21. The maximum absolute atomic E-state index is 4.43. The van der Waals surface area contributed by atoms with E-state index in [0.717, 1.165) is 22.5 Å². The van der Waals surface area contributed by atoms with E-state index in [1.54, 1.807) is 6.33 Å². The average Bonchev–Trinajstić information content (AvgIpc) is 2.83. The SMILES string of the molecule is Cc1ccc(-n2ncc3c(N(C)C)ncnc32)cc1. The molecule has 0 bridgehead atoms. The van der Waals surface area contributed by atoms with Crippen molar-refractivity contribution in [3.63, 3.8) is 0 Å². The van der Waals surface area contributed by atoms with Crippen LogP contribution in [0.2, 0.25) is 0 Å². The van der Waals surface area contributed by atoms with Gasteiger partial charge in [-0.1, -0.05) is 17.7 Å². The van der Waals surface area contributed by atoms with Crippen molar-refractivity contribution in [3.05, 3.63) is 42.4 Å². The molecule has 0 saturated carbocycles. The molecular formula is C14H15N5. The standard InChI is InChI=1S/C14H15N5/c1-10-4-6-11(7-5-10)19-14-12(8-17-19)13(18(2)3)15-9-16-14/h4-9H,1-3H3. The van der Waals surface area contributed by atoms with Crippen LogP contribution in [-0.4, -0.2) is 33.8 Å². The maximum atomic E-state index is 4.43. The topological polar surface area (TPSA) is 46.8 Å². The van der Waals surface area contributed by atoms with Crippen LogP contribution >= 0.6 is 0 Å². The number of hydrogen-bond acceptors (Lipinski definition) is 4. The highest BCUT2D eigenvalue weighted by molar-refractivity contribution is 5.87. The number of hydrogen-bond donors (Lipinski definition) is 0. The van der Waals surface area contributed by atoms with Crippen LogP contribution in [0.25, 0.3) is 16.7 Å². The number of rotatable bonds is 2. The van der Waals surface area contributed by atoms with Crippen LogP contribution in [0.3, 0.4) is 0 Å². The van der Waals surface area contributed by atoms with Gasteiger partial charge in [-0.15, -0.1) is 0 Å². The number of benzene rings is 1. The summed E-state index contributed by atoms with van der Waals surface area (Å²) in [6, 6.07) is 8.21. The van der Waals surface area contributed by atoms with E-state index in [-0.39, 0.29) is 0 Å². The van der Waals surface area contributed by atoms with Gasteiger partial charge < -0.3 is 4.90 Å². The zero-order valence-corrected chi connectivity index (χ0v) is 11.2. The van der Waals surface area contributed by atoms with E-state index in [1.807, 2.05) is 42.0 Å². The zero-order chi connectivity index (χ0) is 13.4. The van der Waals surface area contributed by atoms with Gasteiger partial charge in [-0.3, -0.25) is 0 Å². The predicted octanol–water partition coefficient (Wildman–Crippen LogP) is 2.19. The molecule has 0 atom stereocenters. The van der Waals surface area contributed by atoms with Gasteiger partial charge >= 0.3 is 0 Å². The molecule has 0 spiro atoms. The van der Waals surface area contributed by atoms with Crippen molar-refractivity contribution >= 4 is 16.9 Å². The first-order chi connectivity index (χ1) is 9.16. The minimum Gasteiger partial charge on any atom is -0.362 e. The van der Waals surface area contributed by atoms with Crippen LogP contribution in [-0.2, 0) is 0 Å². The molecule has 0 radical (unpaired) electrons. The van der Waals surface area contributed by atoms with Crippen LogP contribution in [0.5, 0.6) is 0 Å². The third-order valence-electron chi connectivity index (χ3n) is 3.05. The highest BCUT2D eigenvalue weighted by Gasteiger charge is 2.11. The van der Waals surface area contributed by atoms with Gasteiger partial charge in [0.05, 0.1) is 17.3 Å². The molecule has 0 saturated heterocycles. The molecule has 0 amide bonds. The fourth-order valence-corrected chi connectivity index (χ4v) is 2.06. The molecule has 0 aliphatic rings. The summed E-state index contributed by atoms with van der Waals surface area (Å²) in [5, 5.41) is 5.38. The molecule has 0 N–H and O–H groups in total. The lowest BCUT2D eigenvalue weighted by Gasteiger charge is -2.11. The molecule has 0 fully saturated rings. The first-order valence-electron chi connectivity index (χ1n) is 6.10. The monoisotopic (exact) mass is 253 g/mol. The Kier molecular flexibility index (Phi) is 2.67. The van der Waals surface area contributed by atoms with Crippen molar-refractivity contribution < 1.29 is 0 Å². The molecule has 5 nitrogen and oxygen atoms in total. The van der Waals surface area contributed by atoms with Crippen molar-refractivity contribution in [2.24, 2.45) is 0 Å². The lowest BCUT2D eigenvalue weighted by atomic mass is 10.2. The summed E-state index contributed by atoms with van der Waals surface area (Å²) in [5.74, 6) is 0.878. The molecule has 19 heavy (non-hydrogen) atoms. The smallest absolute Gasteiger partial charge is 0.168 e. The van der Waals surface area contributed by atoms with Crippen molar-refractivity contribution in [3.8, 4) is 5.69 Å². The quantitative estimate of drug-likeness (QED) is 0.702. The van der Waals surface area contributed by atoms with E-state index in [2.05, 4.69) is 34.1 Å². The van der Waals surface area contributed by atoms with Crippen LogP contribution in [0.15, 0.2) is 36.8 Å². The van der Waals surface area contributed by atoms with Gasteiger partial charge in [-0.2, -0.15) is 5.10 Å². The minimum absolute atomic E-state index is 0.822. The number of nitrogens with zero attached hydrogens (tertiary/aromatic N) is 5. The molecule has 0 aliphatic carbocycles. The van der Waals surface area contributed by atoms with Gasteiger partial charge in [0.2, 0.25) is 0 Å². The fraction of sp³-hybridized carbons (Fsp3) is 0.214. The first-order valence-corrected chi connectivity index (χ1v) is 6.10. The third-order valence-corrected chi connectivity index (χ3v) is 3.05. The summed E-state index contributed by atoms with van der Waals surface area (Å²) in [6.07, 6.45) is 3.38. The Morgan fingerprint density at radius 2 is 1.79 bits per heavy atom. The summed E-state index contributed by atoms with van der Waals surface area (Å²) in [4.78, 5) is 10.6. The van der Waals surface area contributed by atoms with Gasteiger partial charge in [0, 0.05) is 14.1 Å². The highest BCUT2D eigenvalue weighted by Crippen LogP contribution is 2.23. The van der Waals surface area contributed by atoms with E-state index < -0.39 is 0 Å². The molecule has 0 aliphatic heterocycles. The summed E-state index contributed by atoms with van der Waals surface area (Å²) in [7, 11) is 3.93. The maximum Gasteiger partial charge on any atom is 0.168 e. The van der Waals surface area contributed by atoms with Gasteiger partial charge in [-0.25, -0.2) is 14.6 Å². The summed E-state index contributed by atoms with van der Waals surface area (Å²) in [5.41, 5.74) is 3.05. The second-order valence-corrected chi connectivity index (χ2v) is 4.72. The van der Waals surface area contributed by atoms with Crippen molar-refractivity contribution in [1.82, 2.24) is 19.7 Å². The van der Waals surface area contributed by atoms with Crippen molar-refractivity contribution in [2.75, 3.05) is 19.0 Å². The number of aromatic nitrogens is 4. The highest BCUT2D eigenvalue weighted by atomic mass is 15.3.